The average Bonchev–Trinajstić information content (AvgIpc) is 2.44. The number of carbonyl (C=O) groups excluding carboxylic acids is 1. The minimum Gasteiger partial charge on any atom is -0.456 e. The molecular formula is C8H12O3. The summed E-state index contributed by atoms with van der Waals surface area (Å²) in [5, 5.41) is 0. The van der Waals surface area contributed by atoms with Gasteiger partial charge in [0.2, 0.25) is 0 Å². The van der Waals surface area contributed by atoms with Crippen molar-refractivity contribution < 1.29 is 14.3 Å². The third-order valence-electron chi connectivity index (χ3n) is 2.41. The fourth-order valence-electron chi connectivity index (χ4n) is 1.85. The molecule has 62 valence electrons. The topological polar surface area (TPSA) is 35.5 Å². The van der Waals surface area contributed by atoms with E-state index in [4.69, 9.17) is 9.47 Å². The van der Waals surface area contributed by atoms with Crippen LogP contribution in [0, 0.1) is 0 Å². The van der Waals surface area contributed by atoms with Gasteiger partial charge in [0, 0.05) is 19.3 Å². The Balaban J connectivity index is 2.07. The van der Waals surface area contributed by atoms with Crippen molar-refractivity contribution in [2.24, 2.45) is 0 Å². The van der Waals surface area contributed by atoms with Gasteiger partial charge in [0.15, 0.2) is 0 Å². The van der Waals surface area contributed by atoms with Crippen molar-refractivity contribution in [1.82, 2.24) is 0 Å². The Morgan fingerprint density at radius 2 is 2.45 bits per heavy atom. The van der Waals surface area contributed by atoms with Crippen LogP contribution in [0.25, 0.3) is 0 Å². The van der Waals surface area contributed by atoms with Crippen molar-refractivity contribution in [2.75, 3.05) is 6.61 Å². The SMILES string of the molecule is CC1CC2(CCC(=O)O2)CO1. The molecule has 0 aromatic rings. The zero-order valence-corrected chi connectivity index (χ0v) is 6.63. The molecule has 0 aromatic carbocycles. The number of hydrogen-bond donors (Lipinski definition) is 0. The molecule has 0 N–H and O–H groups in total. The molecule has 2 fully saturated rings. The van der Waals surface area contributed by atoms with Gasteiger partial charge in [0.1, 0.15) is 5.60 Å². The van der Waals surface area contributed by atoms with Gasteiger partial charge in [-0.25, -0.2) is 0 Å². The van der Waals surface area contributed by atoms with Crippen LogP contribution in [-0.2, 0) is 14.3 Å². The van der Waals surface area contributed by atoms with Gasteiger partial charge in [-0.05, 0) is 6.92 Å². The predicted molar refractivity (Wildman–Crippen MR) is 38.1 cm³/mol. The quantitative estimate of drug-likeness (QED) is 0.488. The standard InChI is InChI=1S/C8H12O3/c1-6-4-8(5-10-6)3-2-7(9)11-8/h6H,2-5H2,1H3. The van der Waals surface area contributed by atoms with Crippen LogP contribution in [0.1, 0.15) is 26.2 Å². The second-order valence-electron chi connectivity index (χ2n) is 3.48. The van der Waals surface area contributed by atoms with E-state index in [1.54, 1.807) is 0 Å². The summed E-state index contributed by atoms with van der Waals surface area (Å²) in [5.41, 5.74) is -0.240. The van der Waals surface area contributed by atoms with E-state index in [-0.39, 0.29) is 17.7 Å². The lowest BCUT2D eigenvalue weighted by atomic mass is 9.97. The van der Waals surface area contributed by atoms with Gasteiger partial charge in [-0.3, -0.25) is 4.79 Å². The van der Waals surface area contributed by atoms with E-state index in [9.17, 15) is 4.79 Å². The van der Waals surface area contributed by atoms with E-state index in [1.165, 1.54) is 0 Å². The van der Waals surface area contributed by atoms with Gasteiger partial charge in [0.25, 0.3) is 0 Å². The van der Waals surface area contributed by atoms with Gasteiger partial charge < -0.3 is 9.47 Å². The fraction of sp³-hybridized carbons (Fsp3) is 0.875. The van der Waals surface area contributed by atoms with E-state index in [1.807, 2.05) is 6.92 Å². The van der Waals surface area contributed by atoms with E-state index >= 15 is 0 Å². The van der Waals surface area contributed by atoms with E-state index in [0.717, 1.165) is 12.8 Å². The summed E-state index contributed by atoms with van der Waals surface area (Å²) in [5.74, 6) is -0.0669. The van der Waals surface area contributed by atoms with E-state index in [2.05, 4.69) is 0 Å². The van der Waals surface area contributed by atoms with Crippen LogP contribution in [0.5, 0.6) is 0 Å². The molecule has 0 amide bonds. The largest absolute Gasteiger partial charge is 0.456 e. The monoisotopic (exact) mass is 156 g/mol. The Kier molecular flexibility index (Phi) is 1.42. The maximum atomic E-state index is 10.8. The van der Waals surface area contributed by atoms with Crippen LogP contribution in [-0.4, -0.2) is 24.3 Å². The third-order valence-corrected chi connectivity index (χ3v) is 2.41. The second kappa shape index (κ2) is 2.21. The van der Waals surface area contributed by atoms with Crippen molar-refractivity contribution in [2.45, 2.75) is 37.9 Å². The highest BCUT2D eigenvalue weighted by atomic mass is 16.6. The Labute approximate surface area is 65.7 Å². The minimum absolute atomic E-state index is 0.0669. The summed E-state index contributed by atoms with van der Waals surface area (Å²) in [6.07, 6.45) is 2.53. The summed E-state index contributed by atoms with van der Waals surface area (Å²) in [7, 11) is 0. The maximum absolute atomic E-state index is 10.8. The molecule has 11 heavy (non-hydrogen) atoms. The number of rotatable bonds is 0. The average molecular weight is 156 g/mol. The summed E-state index contributed by atoms with van der Waals surface area (Å²) in [6, 6.07) is 0. The molecule has 0 aliphatic carbocycles. The Morgan fingerprint density at radius 3 is 2.91 bits per heavy atom. The molecule has 0 aromatic heterocycles. The Hall–Kier alpha value is -0.570. The molecule has 2 saturated heterocycles. The first-order chi connectivity index (χ1) is 5.20. The lowest BCUT2D eigenvalue weighted by Gasteiger charge is -2.18. The molecule has 0 bridgehead atoms. The maximum Gasteiger partial charge on any atom is 0.306 e. The minimum atomic E-state index is -0.240. The van der Waals surface area contributed by atoms with Gasteiger partial charge in [-0.15, -0.1) is 0 Å². The fourth-order valence-corrected chi connectivity index (χ4v) is 1.85. The van der Waals surface area contributed by atoms with Crippen molar-refractivity contribution in [3.63, 3.8) is 0 Å². The molecule has 0 saturated carbocycles. The third kappa shape index (κ3) is 1.13. The molecule has 2 rings (SSSR count). The number of hydrogen-bond acceptors (Lipinski definition) is 3. The van der Waals surface area contributed by atoms with Gasteiger partial charge in [-0.2, -0.15) is 0 Å². The summed E-state index contributed by atoms with van der Waals surface area (Å²) in [6.45, 7) is 2.61. The molecular weight excluding hydrogens is 144 g/mol. The highest BCUT2D eigenvalue weighted by Gasteiger charge is 2.46. The molecule has 0 radical (unpaired) electrons. The number of carbonyl (C=O) groups is 1. The van der Waals surface area contributed by atoms with Crippen molar-refractivity contribution >= 4 is 5.97 Å². The van der Waals surface area contributed by atoms with Crippen molar-refractivity contribution in [3.8, 4) is 0 Å². The zero-order valence-electron chi connectivity index (χ0n) is 6.63. The molecule has 2 atom stereocenters. The molecule has 2 aliphatic heterocycles. The number of ether oxygens (including phenoxy) is 2. The summed E-state index contributed by atoms with van der Waals surface area (Å²) < 4.78 is 10.6. The highest BCUT2D eigenvalue weighted by Crippen LogP contribution is 2.36. The van der Waals surface area contributed by atoms with Crippen molar-refractivity contribution in [1.29, 1.82) is 0 Å². The normalized spacial score (nSPS) is 43.4. The molecule has 2 unspecified atom stereocenters. The van der Waals surface area contributed by atoms with Crippen LogP contribution < -0.4 is 0 Å². The van der Waals surface area contributed by atoms with Crippen LogP contribution >= 0.6 is 0 Å². The second-order valence-corrected chi connectivity index (χ2v) is 3.48. The highest BCUT2D eigenvalue weighted by molar-refractivity contribution is 5.72. The van der Waals surface area contributed by atoms with Gasteiger partial charge in [0.05, 0.1) is 12.7 Å². The summed E-state index contributed by atoms with van der Waals surface area (Å²) in [4.78, 5) is 10.8. The lowest BCUT2D eigenvalue weighted by Crippen LogP contribution is -2.28. The van der Waals surface area contributed by atoms with Crippen LogP contribution in [0.2, 0.25) is 0 Å². The molecule has 3 nitrogen and oxygen atoms in total. The van der Waals surface area contributed by atoms with Crippen LogP contribution in [0.3, 0.4) is 0 Å². The van der Waals surface area contributed by atoms with Crippen LogP contribution in [0.15, 0.2) is 0 Å². The van der Waals surface area contributed by atoms with E-state index in [0.29, 0.717) is 13.0 Å². The Morgan fingerprint density at radius 1 is 1.64 bits per heavy atom. The Bertz CT molecular complexity index is 190. The first-order valence-corrected chi connectivity index (χ1v) is 4.04. The van der Waals surface area contributed by atoms with Crippen molar-refractivity contribution in [3.05, 3.63) is 0 Å². The number of esters is 1. The lowest BCUT2D eigenvalue weighted by molar-refractivity contribution is -0.148. The molecule has 1 spiro atoms. The van der Waals surface area contributed by atoms with E-state index < -0.39 is 0 Å². The van der Waals surface area contributed by atoms with Gasteiger partial charge >= 0.3 is 5.97 Å². The first kappa shape index (κ1) is 7.10. The summed E-state index contributed by atoms with van der Waals surface area (Å²) >= 11 is 0. The predicted octanol–water partition coefficient (Wildman–Crippen LogP) is 0.871. The zero-order chi connectivity index (χ0) is 7.90. The van der Waals surface area contributed by atoms with Crippen LogP contribution in [0.4, 0.5) is 0 Å². The molecule has 2 aliphatic rings. The molecule has 2 heterocycles. The smallest absolute Gasteiger partial charge is 0.306 e. The first-order valence-electron chi connectivity index (χ1n) is 4.04. The van der Waals surface area contributed by atoms with Gasteiger partial charge in [-0.1, -0.05) is 0 Å². The molecule has 3 heteroatoms.